The van der Waals surface area contributed by atoms with Crippen molar-refractivity contribution in [2.45, 2.75) is 6.92 Å². The Morgan fingerprint density at radius 2 is 1.81 bits per heavy atom. The monoisotopic (exact) mass is 417 g/mol. The summed E-state index contributed by atoms with van der Waals surface area (Å²) < 4.78 is 5.57. The fourth-order valence-electron chi connectivity index (χ4n) is 2.34. The van der Waals surface area contributed by atoms with E-state index in [1.165, 1.54) is 32.2 Å². The van der Waals surface area contributed by atoms with Gasteiger partial charge in [-0.1, -0.05) is 40.2 Å². The van der Waals surface area contributed by atoms with Gasteiger partial charge in [-0.05, 0) is 29.8 Å². The Balaban J connectivity index is 2.65. The number of benzene rings is 2. The summed E-state index contributed by atoms with van der Waals surface area (Å²) in [5.74, 6) is -2.23. The van der Waals surface area contributed by atoms with E-state index in [1.807, 2.05) is 6.07 Å². The first kappa shape index (κ1) is 19.4. The number of methoxy groups -OCH3 is 1. The minimum Gasteiger partial charge on any atom is -0.478 e. The summed E-state index contributed by atoms with van der Waals surface area (Å²) in [6, 6.07) is 11.5. The molecule has 26 heavy (non-hydrogen) atoms. The molecule has 1 amide bonds. The van der Waals surface area contributed by atoms with Gasteiger partial charge in [-0.25, -0.2) is 9.59 Å². The van der Waals surface area contributed by atoms with Crippen LogP contribution in [0.3, 0.4) is 0 Å². The topological polar surface area (TPSA) is 92.7 Å². The molecular formula is C19H16BrNO5. The molecule has 134 valence electrons. The lowest BCUT2D eigenvalue weighted by Crippen LogP contribution is -2.11. The lowest BCUT2D eigenvalue weighted by atomic mass is 9.97. The van der Waals surface area contributed by atoms with E-state index in [2.05, 4.69) is 21.2 Å². The molecule has 0 aromatic heterocycles. The molecule has 0 unspecified atom stereocenters. The van der Waals surface area contributed by atoms with Crippen LogP contribution in [-0.2, 0) is 14.3 Å². The van der Waals surface area contributed by atoms with Crippen molar-refractivity contribution in [3.63, 3.8) is 0 Å². The number of aromatic carboxylic acids is 1. The SMILES string of the molecule is COC(=O)/C(=C/c1ccccc1Br)c1ccc(NC(C)=O)cc1C(=O)O. The lowest BCUT2D eigenvalue weighted by molar-refractivity contribution is -0.133. The Labute approximate surface area is 158 Å². The van der Waals surface area contributed by atoms with Crippen molar-refractivity contribution in [3.05, 3.63) is 63.6 Å². The molecule has 2 N–H and O–H groups in total. The van der Waals surface area contributed by atoms with E-state index in [0.29, 0.717) is 11.3 Å². The van der Waals surface area contributed by atoms with E-state index in [1.54, 1.807) is 24.3 Å². The molecule has 6 nitrogen and oxygen atoms in total. The molecule has 0 atom stereocenters. The summed E-state index contributed by atoms with van der Waals surface area (Å²) in [6.45, 7) is 1.32. The maximum Gasteiger partial charge on any atom is 0.338 e. The normalized spacial score (nSPS) is 11.0. The van der Waals surface area contributed by atoms with Crippen LogP contribution in [0.2, 0.25) is 0 Å². The zero-order valence-corrected chi connectivity index (χ0v) is 15.7. The van der Waals surface area contributed by atoms with Crippen LogP contribution in [0.5, 0.6) is 0 Å². The summed E-state index contributed by atoms with van der Waals surface area (Å²) >= 11 is 3.39. The predicted molar refractivity (Wildman–Crippen MR) is 102 cm³/mol. The Kier molecular flexibility index (Phi) is 6.30. The standard InChI is InChI=1S/C19H16BrNO5/c1-11(22)21-13-7-8-14(15(10-13)18(23)24)16(19(25)26-2)9-12-5-3-4-6-17(12)20/h3-10H,1-2H3,(H,21,22)(H,23,24)/b16-9+. The van der Waals surface area contributed by atoms with Gasteiger partial charge < -0.3 is 15.2 Å². The zero-order chi connectivity index (χ0) is 19.3. The predicted octanol–water partition coefficient (Wildman–Crippen LogP) is 3.82. The van der Waals surface area contributed by atoms with E-state index in [4.69, 9.17) is 4.74 Å². The molecule has 0 fully saturated rings. The number of hydrogen-bond donors (Lipinski definition) is 2. The summed E-state index contributed by atoms with van der Waals surface area (Å²) in [7, 11) is 1.22. The number of carbonyl (C=O) groups is 3. The summed E-state index contributed by atoms with van der Waals surface area (Å²) in [5.41, 5.74) is 1.17. The number of carbonyl (C=O) groups excluding carboxylic acids is 2. The first-order valence-electron chi connectivity index (χ1n) is 7.53. The van der Waals surface area contributed by atoms with Crippen molar-refractivity contribution in [1.82, 2.24) is 0 Å². The van der Waals surface area contributed by atoms with Crippen molar-refractivity contribution >= 4 is 51.1 Å². The average Bonchev–Trinajstić information content (AvgIpc) is 2.60. The third kappa shape index (κ3) is 4.58. The molecule has 0 saturated heterocycles. The fourth-order valence-corrected chi connectivity index (χ4v) is 2.74. The number of carboxylic acids is 1. The lowest BCUT2D eigenvalue weighted by Gasteiger charge is -2.12. The van der Waals surface area contributed by atoms with Gasteiger partial charge in [0.25, 0.3) is 0 Å². The molecule has 0 aliphatic carbocycles. The summed E-state index contributed by atoms with van der Waals surface area (Å²) in [4.78, 5) is 35.2. The van der Waals surface area contributed by atoms with Crippen LogP contribution in [0.15, 0.2) is 46.9 Å². The summed E-state index contributed by atoms with van der Waals surface area (Å²) in [5, 5.41) is 12.1. The maximum atomic E-state index is 12.3. The number of ether oxygens (including phenoxy) is 1. The van der Waals surface area contributed by atoms with Gasteiger partial charge in [-0.3, -0.25) is 4.79 Å². The molecule has 0 saturated carbocycles. The molecule has 0 radical (unpaired) electrons. The highest BCUT2D eigenvalue weighted by Crippen LogP contribution is 2.28. The van der Waals surface area contributed by atoms with E-state index >= 15 is 0 Å². The van der Waals surface area contributed by atoms with E-state index < -0.39 is 11.9 Å². The molecule has 0 aliphatic rings. The highest BCUT2D eigenvalue weighted by molar-refractivity contribution is 9.10. The number of rotatable bonds is 5. The van der Waals surface area contributed by atoms with E-state index in [-0.39, 0.29) is 22.6 Å². The Morgan fingerprint density at radius 3 is 2.38 bits per heavy atom. The highest BCUT2D eigenvalue weighted by atomic mass is 79.9. The fraction of sp³-hybridized carbons (Fsp3) is 0.105. The second kappa shape index (κ2) is 8.44. The Bertz CT molecular complexity index is 905. The zero-order valence-electron chi connectivity index (χ0n) is 14.1. The number of amides is 1. The number of halogens is 1. The minimum absolute atomic E-state index is 0.0891. The molecule has 0 bridgehead atoms. The Hall–Kier alpha value is -2.93. The van der Waals surface area contributed by atoms with Crippen molar-refractivity contribution in [2.24, 2.45) is 0 Å². The van der Waals surface area contributed by atoms with Gasteiger partial charge in [0.15, 0.2) is 0 Å². The van der Waals surface area contributed by atoms with Crippen LogP contribution in [0.25, 0.3) is 11.6 Å². The van der Waals surface area contributed by atoms with Crippen molar-refractivity contribution in [3.8, 4) is 0 Å². The van der Waals surface area contributed by atoms with Gasteiger partial charge in [-0.15, -0.1) is 0 Å². The number of nitrogens with one attached hydrogen (secondary N) is 1. The number of esters is 1. The molecule has 7 heteroatoms. The first-order chi connectivity index (χ1) is 12.3. The number of hydrogen-bond acceptors (Lipinski definition) is 4. The highest BCUT2D eigenvalue weighted by Gasteiger charge is 2.21. The van der Waals surface area contributed by atoms with Gasteiger partial charge >= 0.3 is 11.9 Å². The van der Waals surface area contributed by atoms with Crippen molar-refractivity contribution < 1.29 is 24.2 Å². The van der Waals surface area contributed by atoms with Gasteiger partial charge in [-0.2, -0.15) is 0 Å². The number of carboxylic acid groups (broad SMARTS) is 1. The van der Waals surface area contributed by atoms with Crippen LogP contribution in [-0.4, -0.2) is 30.1 Å². The third-order valence-corrected chi connectivity index (χ3v) is 4.19. The van der Waals surface area contributed by atoms with Gasteiger partial charge in [0.2, 0.25) is 5.91 Å². The first-order valence-corrected chi connectivity index (χ1v) is 8.32. The van der Waals surface area contributed by atoms with Gasteiger partial charge in [0.05, 0.1) is 18.2 Å². The van der Waals surface area contributed by atoms with Crippen molar-refractivity contribution in [2.75, 3.05) is 12.4 Å². The molecule has 0 spiro atoms. The maximum absolute atomic E-state index is 12.3. The van der Waals surface area contributed by atoms with Crippen molar-refractivity contribution in [1.29, 1.82) is 0 Å². The van der Waals surface area contributed by atoms with Crippen LogP contribution in [0, 0.1) is 0 Å². The third-order valence-electron chi connectivity index (χ3n) is 3.47. The van der Waals surface area contributed by atoms with Gasteiger partial charge in [0, 0.05) is 22.6 Å². The second-order valence-corrected chi connectivity index (χ2v) is 6.17. The molecule has 0 heterocycles. The van der Waals surface area contributed by atoms with Crippen LogP contribution < -0.4 is 5.32 Å². The quantitative estimate of drug-likeness (QED) is 0.438. The molecule has 2 aromatic rings. The molecule has 2 aromatic carbocycles. The second-order valence-electron chi connectivity index (χ2n) is 5.32. The average molecular weight is 418 g/mol. The largest absolute Gasteiger partial charge is 0.478 e. The van der Waals surface area contributed by atoms with Gasteiger partial charge in [0.1, 0.15) is 0 Å². The van der Waals surface area contributed by atoms with E-state index in [9.17, 15) is 19.5 Å². The summed E-state index contributed by atoms with van der Waals surface area (Å²) in [6.07, 6.45) is 1.55. The van der Waals surface area contributed by atoms with Crippen LogP contribution in [0.1, 0.15) is 28.4 Å². The van der Waals surface area contributed by atoms with E-state index in [0.717, 1.165) is 4.47 Å². The molecular weight excluding hydrogens is 402 g/mol. The minimum atomic E-state index is -1.23. The molecule has 0 aliphatic heterocycles. The van der Waals surface area contributed by atoms with Crippen LogP contribution >= 0.6 is 15.9 Å². The Morgan fingerprint density at radius 1 is 1.12 bits per heavy atom. The number of anilines is 1. The smallest absolute Gasteiger partial charge is 0.338 e. The molecule has 2 rings (SSSR count). The van der Waals surface area contributed by atoms with Crippen LogP contribution in [0.4, 0.5) is 5.69 Å².